The average Bonchev–Trinajstić information content (AvgIpc) is 2.54. The highest BCUT2D eigenvalue weighted by Crippen LogP contribution is 2.36. The van der Waals surface area contributed by atoms with Gasteiger partial charge in [0, 0.05) is 16.7 Å². The zero-order chi connectivity index (χ0) is 13.0. The molecule has 0 saturated heterocycles. The topological polar surface area (TPSA) is 12.0 Å². The molecule has 1 aliphatic heterocycles. The minimum atomic E-state index is 0.530. The van der Waals surface area contributed by atoms with Gasteiger partial charge >= 0.3 is 0 Å². The van der Waals surface area contributed by atoms with Gasteiger partial charge in [-0.3, -0.25) is 0 Å². The van der Waals surface area contributed by atoms with E-state index in [9.17, 15) is 0 Å². The SMILES string of the molecule is CCCNC1c2cc(SC)ccc2CSCC1C. The molecule has 0 fully saturated rings. The van der Waals surface area contributed by atoms with Crippen molar-refractivity contribution >= 4 is 23.5 Å². The van der Waals surface area contributed by atoms with Crippen molar-refractivity contribution in [1.82, 2.24) is 5.32 Å². The van der Waals surface area contributed by atoms with Crippen molar-refractivity contribution in [3.63, 3.8) is 0 Å². The molecule has 2 rings (SSSR count). The first kappa shape index (κ1) is 14.3. The molecule has 0 amide bonds. The van der Waals surface area contributed by atoms with Crippen LogP contribution in [0.25, 0.3) is 0 Å². The molecule has 1 aliphatic rings. The zero-order valence-corrected chi connectivity index (χ0v) is 13.2. The molecule has 1 aromatic carbocycles. The summed E-state index contributed by atoms with van der Waals surface area (Å²) in [6, 6.07) is 7.52. The third kappa shape index (κ3) is 3.25. The molecule has 0 bridgehead atoms. The van der Waals surface area contributed by atoms with Gasteiger partial charge in [-0.2, -0.15) is 11.8 Å². The fraction of sp³-hybridized carbons (Fsp3) is 0.600. The van der Waals surface area contributed by atoms with Gasteiger partial charge in [0.15, 0.2) is 0 Å². The van der Waals surface area contributed by atoms with Crippen LogP contribution in [0.1, 0.15) is 37.4 Å². The van der Waals surface area contributed by atoms with E-state index in [0.29, 0.717) is 12.0 Å². The molecule has 1 nitrogen and oxygen atoms in total. The predicted octanol–water partition coefficient (Wildman–Crippen LogP) is 4.33. The molecule has 1 N–H and O–H groups in total. The van der Waals surface area contributed by atoms with Gasteiger partial charge in [-0.05, 0) is 54.2 Å². The number of benzene rings is 1. The van der Waals surface area contributed by atoms with Crippen molar-refractivity contribution in [1.29, 1.82) is 0 Å². The Balaban J connectivity index is 2.32. The van der Waals surface area contributed by atoms with Gasteiger partial charge < -0.3 is 5.32 Å². The van der Waals surface area contributed by atoms with Gasteiger partial charge in [0.05, 0.1) is 0 Å². The Labute approximate surface area is 120 Å². The first-order valence-electron chi connectivity index (χ1n) is 6.74. The van der Waals surface area contributed by atoms with Crippen molar-refractivity contribution in [3.05, 3.63) is 29.3 Å². The average molecular weight is 281 g/mol. The molecule has 18 heavy (non-hydrogen) atoms. The van der Waals surface area contributed by atoms with Crippen LogP contribution >= 0.6 is 23.5 Å². The minimum absolute atomic E-state index is 0.530. The van der Waals surface area contributed by atoms with E-state index >= 15 is 0 Å². The van der Waals surface area contributed by atoms with Crippen molar-refractivity contribution in [2.24, 2.45) is 5.92 Å². The summed E-state index contributed by atoms with van der Waals surface area (Å²) in [5.41, 5.74) is 3.06. The van der Waals surface area contributed by atoms with E-state index in [1.807, 2.05) is 11.8 Å². The van der Waals surface area contributed by atoms with Gasteiger partial charge in [-0.15, -0.1) is 11.8 Å². The summed E-state index contributed by atoms with van der Waals surface area (Å²) >= 11 is 3.91. The Morgan fingerprint density at radius 1 is 1.44 bits per heavy atom. The number of hydrogen-bond donors (Lipinski definition) is 1. The lowest BCUT2D eigenvalue weighted by Crippen LogP contribution is -2.28. The molecule has 0 saturated carbocycles. The Hall–Kier alpha value is -0.120. The van der Waals surface area contributed by atoms with Crippen LogP contribution in [0.2, 0.25) is 0 Å². The van der Waals surface area contributed by atoms with E-state index in [1.165, 1.54) is 33.9 Å². The molecule has 0 aromatic heterocycles. The van der Waals surface area contributed by atoms with Gasteiger partial charge in [0.2, 0.25) is 0 Å². The first-order valence-corrected chi connectivity index (χ1v) is 9.12. The lowest BCUT2D eigenvalue weighted by molar-refractivity contribution is 0.418. The summed E-state index contributed by atoms with van der Waals surface area (Å²) in [7, 11) is 0. The smallest absolute Gasteiger partial charge is 0.0357 e. The number of thioether (sulfide) groups is 2. The van der Waals surface area contributed by atoms with Crippen LogP contribution in [0.4, 0.5) is 0 Å². The van der Waals surface area contributed by atoms with E-state index in [1.54, 1.807) is 0 Å². The third-order valence-electron chi connectivity index (χ3n) is 3.51. The third-order valence-corrected chi connectivity index (χ3v) is 5.51. The number of nitrogens with one attached hydrogen (secondary N) is 1. The maximum absolute atomic E-state index is 3.75. The first-order chi connectivity index (χ1) is 8.76. The standard InChI is InChI=1S/C15H23NS2/c1-4-7-16-15-11(2)9-18-10-12-5-6-13(17-3)8-14(12)15/h5-6,8,11,15-16H,4,7,9-10H2,1-3H3. The van der Waals surface area contributed by atoms with Crippen LogP contribution in [0.15, 0.2) is 23.1 Å². The lowest BCUT2D eigenvalue weighted by atomic mass is 9.92. The van der Waals surface area contributed by atoms with Crippen molar-refractivity contribution < 1.29 is 0 Å². The normalized spacial score (nSPS) is 23.5. The monoisotopic (exact) mass is 281 g/mol. The van der Waals surface area contributed by atoms with E-state index in [2.05, 4.69) is 55.4 Å². The molecule has 1 aromatic rings. The van der Waals surface area contributed by atoms with Crippen LogP contribution in [-0.2, 0) is 5.75 Å². The summed E-state index contributed by atoms with van der Waals surface area (Å²) in [5.74, 6) is 3.13. The number of fused-ring (bicyclic) bond motifs is 1. The highest BCUT2D eigenvalue weighted by molar-refractivity contribution is 7.98. The quantitative estimate of drug-likeness (QED) is 0.825. The highest BCUT2D eigenvalue weighted by atomic mass is 32.2. The zero-order valence-electron chi connectivity index (χ0n) is 11.5. The maximum atomic E-state index is 3.75. The Morgan fingerprint density at radius 2 is 2.28 bits per heavy atom. The van der Waals surface area contributed by atoms with Crippen LogP contribution in [0, 0.1) is 5.92 Å². The van der Waals surface area contributed by atoms with Crippen molar-refractivity contribution in [2.45, 2.75) is 37.0 Å². The van der Waals surface area contributed by atoms with Gasteiger partial charge in [0.25, 0.3) is 0 Å². The van der Waals surface area contributed by atoms with Crippen LogP contribution in [0.5, 0.6) is 0 Å². The molecule has 2 unspecified atom stereocenters. The van der Waals surface area contributed by atoms with Crippen LogP contribution in [0.3, 0.4) is 0 Å². The summed E-state index contributed by atoms with van der Waals surface area (Å²) < 4.78 is 0. The predicted molar refractivity (Wildman–Crippen MR) is 84.6 cm³/mol. The summed E-state index contributed by atoms with van der Waals surface area (Å²) in [6.07, 6.45) is 3.36. The molecular formula is C15H23NS2. The summed E-state index contributed by atoms with van der Waals surface area (Å²) in [4.78, 5) is 1.39. The van der Waals surface area contributed by atoms with E-state index in [4.69, 9.17) is 0 Å². The second-order valence-corrected chi connectivity index (χ2v) is 6.90. The van der Waals surface area contributed by atoms with E-state index < -0.39 is 0 Å². The summed E-state index contributed by atoms with van der Waals surface area (Å²) in [6.45, 7) is 5.73. The molecule has 0 aliphatic carbocycles. The fourth-order valence-corrected chi connectivity index (χ4v) is 4.10. The van der Waals surface area contributed by atoms with Crippen LogP contribution in [-0.4, -0.2) is 18.6 Å². The maximum Gasteiger partial charge on any atom is 0.0357 e. The molecule has 1 heterocycles. The Bertz CT molecular complexity index is 392. The minimum Gasteiger partial charge on any atom is -0.310 e. The molecule has 0 spiro atoms. The largest absolute Gasteiger partial charge is 0.310 e. The van der Waals surface area contributed by atoms with Crippen LogP contribution < -0.4 is 5.32 Å². The number of hydrogen-bond acceptors (Lipinski definition) is 3. The van der Waals surface area contributed by atoms with E-state index in [-0.39, 0.29) is 0 Å². The van der Waals surface area contributed by atoms with E-state index in [0.717, 1.165) is 6.54 Å². The lowest BCUT2D eigenvalue weighted by Gasteiger charge is -2.25. The second kappa shape index (κ2) is 6.88. The Morgan fingerprint density at radius 3 is 3.00 bits per heavy atom. The summed E-state index contributed by atoms with van der Waals surface area (Å²) in [5, 5.41) is 3.75. The van der Waals surface area contributed by atoms with Crippen molar-refractivity contribution in [3.8, 4) is 0 Å². The van der Waals surface area contributed by atoms with Gasteiger partial charge in [0.1, 0.15) is 0 Å². The van der Waals surface area contributed by atoms with Gasteiger partial charge in [-0.25, -0.2) is 0 Å². The molecular weight excluding hydrogens is 258 g/mol. The Kier molecular flexibility index (Phi) is 5.46. The highest BCUT2D eigenvalue weighted by Gasteiger charge is 2.24. The molecule has 2 atom stereocenters. The molecule has 0 radical (unpaired) electrons. The van der Waals surface area contributed by atoms with Crippen molar-refractivity contribution in [2.75, 3.05) is 18.6 Å². The van der Waals surface area contributed by atoms with Gasteiger partial charge in [-0.1, -0.05) is 19.9 Å². The molecule has 3 heteroatoms. The fourth-order valence-electron chi connectivity index (χ4n) is 2.49. The molecule has 100 valence electrons. The number of rotatable bonds is 4. The second-order valence-electron chi connectivity index (χ2n) is 4.99.